The summed E-state index contributed by atoms with van der Waals surface area (Å²) in [5, 5.41) is 48.4. The molecule has 0 aromatic heterocycles. The van der Waals surface area contributed by atoms with Crippen LogP contribution in [-0.4, -0.2) is 140 Å². The van der Waals surface area contributed by atoms with Gasteiger partial charge in [0, 0.05) is 12.6 Å². The zero-order chi connectivity index (χ0) is 44.1. The summed E-state index contributed by atoms with van der Waals surface area (Å²) < 4.78 is 97.1. The lowest BCUT2D eigenvalue weighted by Gasteiger charge is -2.30. The van der Waals surface area contributed by atoms with Gasteiger partial charge in [0.25, 0.3) is 0 Å². The summed E-state index contributed by atoms with van der Waals surface area (Å²) in [5.41, 5.74) is 1.98. The molecule has 0 spiro atoms. The molecule has 2 aromatic carbocycles. The number of phenols is 1. The number of esters is 1. The molecule has 1 fully saturated rings. The maximum Gasteiger partial charge on any atom is 0.313 e. The minimum absolute atomic E-state index is 0.0630. The first-order chi connectivity index (χ1) is 28.8. The first-order valence-corrected chi connectivity index (χ1v) is 19.5. The van der Waals surface area contributed by atoms with Crippen LogP contribution in [0.3, 0.4) is 0 Å². The molecule has 340 valence electrons. The quantitative estimate of drug-likeness (QED) is 0.00803. The number of phenolic OH excluding ortho intramolecular Hbond substituents is 1. The predicted octanol–water partition coefficient (Wildman–Crippen LogP) is 4.39. The molecular formula is C39H57F5N4O12. The van der Waals surface area contributed by atoms with E-state index in [1.165, 1.54) is 5.56 Å². The van der Waals surface area contributed by atoms with Crippen molar-refractivity contribution < 1.29 is 80.9 Å². The number of nitrogens with two attached hydrogens (primary N) is 1. The molecule has 0 bridgehead atoms. The first-order valence-electron chi connectivity index (χ1n) is 19.5. The zero-order valence-electron chi connectivity index (χ0n) is 33.4. The number of aryl methyl sites for hydroxylation is 1. The molecule has 3 rings (SSSR count). The summed E-state index contributed by atoms with van der Waals surface area (Å²) in [7, 11) is 0. The number of aliphatic hydroxyl groups excluding tert-OH is 2. The van der Waals surface area contributed by atoms with Crippen molar-refractivity contribution in [2.24, 2.45) is 15.9 Å². The lowest BCUT2D eigenvalue weighted by molar-refractivity contribution is -0.309. The number of carbonyl (C=O) groups excluding carboxylic acids is 1. The Kier molecular flexibility index (Phi) is 27.0. The fourth-order valence-electron chi connectivity index (χ4n) is 5.34. The number of hydrogen-bond donors (Lipinski definition) is 6. The lowest BCUT2D eigenvalue weighted by atomic mass is 10.0. The second-order valence-electron chi connectivity index (χ2n) is 13.4. The van der Waals surface area contributed by atoms with Crippen molar-refractivity contribution >= 4 is 17.9 Å². The summed E-state index contributed by atoms with van der Waals surface area (Å²) >= 11 is 0. The van der Waals surface area contributed by atoms with Gasteiger partial charge >= 0.3 is 5.97 Å². The molecule has 1 aliphatic heterocycles. The van der Waals surface area contributed by atoms with E-state index in [2.05, 4.69) is 14.8 Å². The smallest absolute Gasteiger partial charge is 0.313 e. The standard InChI is InChI=1S/C32H42F5N3O7.C7H15NO5/c33-27-28(34)30(36)32(31(37)29(27)35)47-26(42)12-14-43-16-18-45-20-21-46-19-17-44-15-13-39-22-24(40-38)7-5-3-1-2-4-6-23-8-10-25(41)11-9-23;9-6-3-5(1-2-8(11)12)13-4-7(6)10/h8-11,22,41H,1-7,12-21,38H2;5-7,9-12H,1-4H2/b39-22?,40-24-;. The van der Waals surface area contributed by atoms with Crippen molar-refractivity contribution in [3.8, 4) is 11.5 Å². The van der Waals surface area contributed by atoms with E-state index in [1.54, 1.807) is 18.3 Å². The van der Waals surface area contributed by atoms with Gasteiger partial charge in [0.05, 0.1) is 96.9 Å². The van der Waals surface area contributed by atoms with E-state index in [0.717, 1.165) is 50.7 Å². The van der Waals surface area contributed by atoms with Crippen molar-refractivity contribution in [1.82, 2.24) is 5.23 Å². The Morgan fingerprint density at radius 1 is 0.767 bits per heavy atom. The van der Waals surface area contributed by atoms with E-state index >= 15 is 0 Å². The molecule has 2 aromatic rings. The minimum atomic E-state index is -2.35. The number of rotatable bonds is 28. The van der Waals surface area contributed by atoms with Gasteiger partial charge in [-0.2, -0.15) is 13.9 Å². The number of hydroxylamine groups is 2. The maximum atomic E-state index is 13.5. The molecule has 7 N–H and O–H groups in total. The van der Waals surface area contributed by atoms with Gasteiger partial charge in [0.15, 0.2) is 0 Å². The Bertz CT molecular complexity index is 1530. The van der Waals surface area contributed by atoms with Crippen LogP contribution >= 0.6 is 0 Å². The number of aromatic hydroxyl groups is 1. The Balaban J connectivity index is 0.000000807. The summed E-state index contributed by atoms with van der Waals surface area (Å²) in [5.74, 6) is -8.37. The number of unbranched alkanes of at least 4 members (excludes halogenated alkanes) is 4. The van der Waals surface area contributed by atoms with Crippen LogP contribution in [0.1, 0.15) is 63.4 Å². The van der Waals surface area contributed by atoms with Gasteiger partial charge in [-0.15, -0.1) is 0 Å². The van der Waals surface area contributed by atoms with Crippen molar-refractivity contribution in [1.29, 1.82) is 0 Å². The fraction of sp³-hybridized carbons (Fsp3) is 0.615. The van der Waals surface area contributed by atoms with Crippen LogP contribution in [0.4, 0.5) is 22.0 Å². The van der Waals surface area contributed by atoms with E-state index in [1.807, 2.05) is 12.1 Å². The first kappa shape index (κ1) is 52.2. The number of halogens is 5. The Labute approximate surface area is 345 Å². The monoisotopic (exact) mass is 868 g/mol. The SMILES string of the molecule is N/N=C(\C=NCCOCCOCCOCCOCCC(=O)Oc1c(F)c(F)c(F)c(F)c1F)CCCCCCCc1ccc(O)cc1.OC1COC(CCN(O)O)CC1O. The third kappa shape index (κ3) is 22.1. The number of benzene rings is 2. The molecule has 0 radical (unpaired) electrons. The zero-order valence-corrected chi connectivity index (χ0v) is 33.4. The number of hydrazone groups is 1. The van der Waals surface area contributed by atoms with Crippen LogP contribution in [0.25, 0.3) is 0 Å². The number of carbonyl (C=O) groups is 1. The second kappa shape index (κ2) is 31.0. The van der Waals surface area contributed by atoms with E-state index in [4.69, 9.17) is 45.0 Å². The molecule has 3 unspecified atom stereocenters. The molecule has 21 heteroatoms. The fourth-order valence-corrected chi connectivity index (χ4v) is 5.34. The molecular weight excluding hydrogens is 811 g/mol. The van der Waals surface area contributed by atoms with E-state index in [0.29, 0.717) is 45.8 Å². The number of aliphatic imine (C=N–C) groups is 1. The highest BCUT2D eigenvalue weighted by atomic mass is 19.2. The van der Waals surface area contributed by atoms with Crippen LogP contribution in [0.2, 0.25) is 0 Å². The van der Waals surface area contributed by atoms with Crippen molar-refractivity contribution in [3.63, 3.8) is 0 Å². The highest BCUT2D eigenvalue weighted by molar-refractivity contribution is 6.30. The minimum Gasteiger partial charge on any atom is -0.508 e. The Hall–Kier alpha value is -3.90. The van der Waals surface area contributed by atoms with E-state index in [9.17, 15) is 37.0 Å². The summed E-state index contributed by atoms with van der Waals surface area (Å²) in [6.07, 6.45) is 7.37. The molecule has 1 heterocycles. The number of ether oxygens (including phenoxy) is 6. The second-order valence-corrected chi connectivity index (χ2v) is 13.4. The molecule has 0 saturated carbocycles. The van der Waals surface area contributed by atoms with E-state index in [-0.39, 0.29) is 56.7 Å². The van der Waals surface area contributed by atoms with Crippen LogP contribution in [-0.2, 0) is 34.9 Å². The van der Waals surface area contributed by atoms with Gasteiger partial charge in [-0.05, 0) is 49.8 Å². The Morgan fingerprint density at radius 3 is 1.90 bits per heavy atom. The molecule has 3 atom stereocenters. The maximum absolute atomic E-state index is 13.5. The van der Waals surface area contributed by atoms with Gasteiger partial charge in [-0.1, -0.05) is 36.6 Å². The number of hydrogen-bond acceptors (Lipinski definition) is 16. The topological polar surface area (TPSA) is 228 Å². The van der Waals surface area contributed by atoms with Gasteiger partial charge in [-0.25, -0.2) is 13.2 Å². The van der Waals surface area contributed by atoms with Gasteiger partial charge in [0.1, 0.15) is 11.9 Å². The third-order valence-corrected chi connectivity index (χ3v) is 8.66. The van der Waals surface area contributed by atoms with Crippen molar-refractivity contribution in [2.75, 3.05) is 72.6 Å². The average Bonchev–Trinajstić information content (AvgIpc) is 3.23. The van der Waals surface area contributed by atoms with Crippen molar-refractivity contribution in [3.05, 3.63) is 58.9 Å². The third-order valence-electron chi connectivity index (χ3n) is 8.66. The molecule has 1 aliphatic rings. The molecule has 0 aliphatic carbocycles. The number of aliphatic hydroxyl groups is 2. The van der Waals surface area contributed by atoms with Crippen LogP contribution in [0.15, 0.2) is 34.4 Å². The summed E-state index contributed by atoms with van der Waals surface area (Å²) in [6.45, 7) is 2.40. The van der Waals surface area contributed by atoms with Gasteiger partial charge in [0.2, 0.25) is 34.8 Å². The highest BCUT2D eigenvalue weighted by Crippen LogP contribution is 2.29. The van der Waals surface area contributed by atoms with Crippen LogP contribution in [0.5, 0.6) is 11.5 Å². The summed E-state index contributed by atoms with van der Waals surface area (Å²) in [4.78, 5) is 15.9. The van der Waals surface area contributed by atoms with Crippen molar-refractivity contribution in [2.45, 2.75) is 82.5 Å². The lowest BCUT2D eigenvalue weighted by Crippen LogP contribution is -2.42. The molecule has 60 heavy (non-hydrogen) atoms. The molecule has 16 nitrogen and oxygen atoms in total. The molecule has 0 amide bonds. The number of nitrogens with zero attached hydrogens (tertiary/aromatic N) is 3. The largest absolute Gasteiger partial charge is 0.508 e. The summed E-state index contributed by atoms with van der Waals surface area (Å²) in [6, 6.07) is 7.33. The highest BCUT2D eigenvalue weighted by Gasteiger charge is 2.29. The van der Waals surface area contributed by atoms with E-state index < -0.39 is 59.4 Å². The van der Waals surface area contributed by atoms with Gasteiger partial charge < -0.3 is 49.6 Å². The molecule has 1 saturated heterocycles. The van der Waals surface area contributed by atoms with Gasteiger partial charge in [-0.3, -0.25) is 20.2 Å². The average molecular weight is 869 g/mol. The van der Waals surface area contributed by atoms with Crippen LogP contribution in [0, 0.1) is 29.1 Å². The Morgan fingerprint density at radius 2 is 1.32 bits per heavy atom. The normalized spacial score (nSPS) is 17.0. The van der Waals surface area contributed by atoms with Crippen LogP contribution < -0.4 is 10.6 Å². The predicted molar refractivity (Wildman–Crippen MR) is 206 cm³/mol.